The third-order valence-electron chi connectivity index (χ3n) is 22.8. The Morgan fingerprint density at radius 2 is 0.684 bits per heavy atom. The number of methoxy groups -OCH3 is 2. The summed E-state index contributed by atoms with van der Waals surface area (Å²) in [7, 11) is -2.05. The Morgan fingerprint density at radius 1 is 0.385 bits per heavy atom. The molecule has 2 amide bonds. The summed E-state index contributed by atoms with van der Waals surface area (Å²) in [5.74, 6) is 1.92. The van der Waals surface area contributed by atoms with Crippen molar-refractivity contribution >= 4 is 55.5 Å². The lowest BCUT2D eigenvalue weighted by atomic mass is 10.1. The molecule has 0 spiro atoms. The van der Waals surface area contributed by atoms with E-state index >= 15 is 0 Å². The Bertz CT molecular complexity index is 3280. The van der Waals surface area contributed by atoms with Crippen LogP contribution < -0.4 is 51.9 Å². The fraction of sp³-hybridized carbons (Fsp3) is 0.618. The van der Waals surface area contributed by atoms with Crippen molar-refractivity contribution in [1.29, 1.82) is 0 Å². The van der Waals surface area contributed by atoms with Gasteiger partial charge in [0, 0.05) is 32.4 Å². The number of ether oxygens (including phenoxy) is 4. The van der Waals surface area contributed by atoms with Gasteiger partial charge in [-0.15, -0.1) is 0 Å². The van der Waals surface area contributed by atoms with Crippen LogP contribution in [0.25, 0.3) is 0 Å². The van der Waals surface area contributed by atoms with Crippen LogP contribution in [0.3, 0.4) is 0 Å². The molecule has 0 radical (unpaired) electrons. The van der Waals surface area contributed by atoms with E-state index in [0.717, 1.165) is 86.8 Å². The van der Waals surface area contributed by atoms with Crippen LogP contribution in [0, 0.1) is 0 Å². The fourth-order valence-corrected chi connectivity index (χ4v) is 25.1. The monoisotopic (exact) mass is 1650 g/mol. The molecule has 15 heteroatoms. The molecule has 0 heterocycles. The van der Waals surface area contributed by atoms with E-state index < -0.39 is 16.6 Å². The van der Waals surface area contributed by atoms with Gasteiger partial charge in [-0.1, -0.05) is 407 Å². The van der Waals surface area contributed by atoms with E-state index in [1.807, 2.05) is 48.5 Å². The topological polar surface area (TPSA) is 169 Å². The van der Waals surface area contributed by atoms with E-state index in [2.05, 4.69) is 207 Å². The van der Waals surface area contributed by atoms with Gasteiger partial charge in [-0.25, -0.2) is 0 Å². The molecule has 6 aromatic rings. The zero-order chi connectivity index (χ0) is 84.8. The van der Waals surface area contributed by atoms with Crippen LogP contribution >= 0.6 is 0 Å². The number of rotatable bonds is 64. The number of benzene rings is 6. The van der Waals surface area contributed by atoms with E-state index in [0.29, 0.717) is 58.8 Å². The van der Waals surface area contributed by atoms with E-state index in [1.54, 1.807) is 14.2 Å². The molecular weight excluding hydrogens is 1480 g/mol. The SMILES string of the molecule is CCCCCCCC(CC=O)OCc1ccc(OC)cc1.CCCCCCCCCCCCCC(=O)N[C@H](CN)CO[Si](c1ccccc1)(c1ccccc1)C(C)(C)C.CCCCCCCCCCCCCC(=O)N[C@H](CNCC[C@@H](CCCCCCC)OCc1ccc(OC)cc1)CO[Si](c1ccccc1)(c1ccccc1)C(C)(C)C. The second-order valence-corrected chi connectivity index (χ2v) is 43.3. The van der Waals surface area contributed by atoms with Crippen molar-refractivity contribution < 1.29 is 42.2 Å². The van der Waals surface area contributed by atoms with Crippen LogP contribution in [0.15, 0.2) is 170 Å². The molecule has 0 saturated carbocycles. The van der Waals surface area contributed by atoms with E-state index in [9.17, 15) is 14.4 Å². The van der Waals surface area contributed by atoms with Gasteiger partial charge in [0.25, 0.3) is 16.6 Å². The summed E-state index contributed by atoms with van der Waals surface area (Å²) >= 11 is 0. The highest BCUT2D eigenvalue weighted by Gasteiger charge is 2.52. The molecule has 117 heavy (non-hydrogen) atoms. The van der Waals surface area contributed by atoms with Crippen molar-refractivity contribution in [3.05, 3.63) is 181 Å². The normalized spacial score (nSPS) is 12.8. The molecule has 0 aliphatic rings. The van der Waals surface area contributed by atoms with Crippen molar-refractivity contribution in [2.75, 3.05) is 47.1 Å². The van der Waals surface area contributed by atoms with Crippen LogP contribution in [0.2, 0.25) is 10.1 Å². The molecule has 6 aromatic carbocycles. The molecule has 0 saturated heterocycles. The standard InChI is InChI=1S/C51H82N2O4Si.C33H54N2O2Si.C18H28O3/c1-7-9-11-13-14-15-16-17-18-20-28-34-50(54)53-45(43-57-58(51(3,4)5,48-30-24-21-25-31-48)49-32-26-22-27-33-49)41-52-40-39-47(29-23-19-12-10-8-2)56-42-44-35-37-46(55-6)38-36-44;1-5-6-7-8-9-10-11-12-13-14-21-26-32(36)35-29(27-34)28-37-38(33(2,3)4,30-22-17-15-18-23-30)31-24-19-16-20-25-31;1-3-4-5-6-7-8-18(13-14-19)21-15-16-9-11-17(20-2)12-10-16/h21-22,24-27,30-33,35-38,45,47,52H,7-20,23,28-29,34,39-43H2,1-6H3,(H,53,54);15-20,22-25,29H,5-14,21,26-28,34H2,1-4H3,(H,35,36);9-12,14,18H,3-8,13,15H2,1-2H3/t45-,47-;29-;/m11./s1. The third-order valence-corrected chi connectivity index (χ3v) is 32.8. The average molecular weight is 1650 g/mol. The number of carbonyl (C=O) groups excluding carboxylic acids is 3. The summed E-state index contributed by atoms with van der Waals surface area (Å²) in [4.78, 5) is 37.0. The van der Waals surface area contributed by atoms with Gasteiger partial charge in [0.2, 0.25) is 11.8 Å². The predicted molar refractivity (Wildman–Crippen MR) is 500 cm³/mol. The zero-order valence-electron chi connectivity index (χ0n) is 75.6. The summed E-state index contributed by atoms with van der Waals surface area (Å²) < 4.78 is 37.2. The molecule has 1 unspecified atom stereocenters. The number of aldehydes is 1. The van der Waals surface area contributed by atoms with Crippen molar-refractivity contribution in [2.45, 2.75) is 361 Å². The molecule has 6 rings (SSSR count). The largest absolute Gasteiger partial charge is 0.497 e. The second kappa shape index (κ2) is 63.7. The Kier molecular flexibility index (Phi) is 56.1. The van der Waals surface area contributed by atoms with Gasteiger partial charge in [-0.3, -0.25) is 9.59 Å². The lowest BCUT2D eigenvalue weighted by Gasteiger charge is -2.43. The molecule has 13 nitrogen and oxygen atoms in total. The van der Waals surface area contributed by atoms with Crippen LogP contribution in [0.5, 0.6) is 11.5 Å². The molecule has 0 aromatic heterocycles. The van der Waals surface area contributed by atoms with Crippen LogP contribution in [-0.2, 0) is 45.9 Å². The first-order valence-electron chi connectivity index (χ1n) is 46.3. The van der Waals surface area contributed by atoms with Gasteiger partial charge in [0.1, 0.15) is 17.8 Å². The number of nitrogens with one attached hydrogen (secondary N) is 3. The maximum atomic E-state index is 13.6. The molecule has 0 bridgehead atoms. The van der Waals surface area contributed by atoms with Gasteiger partial charge >= 0.3 is 0 Å². The molecule has 0 fully saturated rings. The number of unbranched alkanes of at least 4 members (excludes halogenated alkanes) is 28. The average Bonchev–Trinajstić information content (AvgIpc) is 0.754. The summed E-state index contributed by atoms with van der Waals surface area (Å²) in [6, 6.07) is 58.5. The van der Waals surface area contributed by atoms with Crippen LogP contribution in [0.4, 0.5) is 0 Å². The molecule has 0 aliphatic heterocycles. The molecule has 654 valence electrons. The number of amides is 2. The maximum Gasteiger partial charge on any atom is 0.261 e. The summed E-state index contributed by atoms with van der Waals surface area (Å²) in [6.07, 6.45) is 46.3. The zero-order valence-corrected chi connectivity index (χ0v) is 77.6. The smallest absolute Gasteiger partial charge is 0.261 e. The second-order valence-electron chi connectivity index (χ2n) is 34.6. The summed E-state index contributed by atoms with van der Waals surface area (Å²) in [5, 5.41) is 15.1. The first-order valence-corrected chi connectivity index (χ1v) is 50.1. The Balaban J connectivity index is 0.000000415. The first kappa shape index (κ1) is 103. The van der Waals surface area contributed by atoms with Gasteiger partial charge in [0.05, 0.1) is 64.9 Å². The van der Waals surface area contributed by atoms with Gasteiger partial charge in [0.15, 0.2) is 0 Å². The van der Waals surface area contributed by atoms with E-state index in [1.165, 1.54) is 194 Å². The number of carbonyl (C=O) groups is 3. The van der Waals surface area contributed by atoms with E-state index in [-0.39, 0.29) is 46.2 Å². The maximum absolute atomic E-state index is 13.6. The molecular formula is C102H164N4O9Si2. The third kappa shape index (κ3) is 42.2. The van der Waals surface area contributed by atoms with Gasteiger partial charge in [-0.2, -0.15) is 0 Å². The number of hydrogen-bond acceptors (Lipinski definition) is 11. The highest BCUT2D eigenvalue weighted by molar-refractivity contribution is 7.00. The summed E-state index contributed by atoms with van der Waals surface area (Å²) in [5.41, 5.74) is 8.39. The van der Waals surface area contributed by atoms with Gasteiger partial charge in [-0.05, 0) is 105 Å². The quantitative estimate of drug-likeness (QED) is 0.0163. The Labute approximate surface area is 715 Å². The van der Waals surface area contributed by atoms with Gasteiger partial charge < -0.3 is 54.3 Å². The summed E-state index contributed by atoms with van der Waals surface area (Å²) in [6.45, 7) is 26.6. The molecule has 5 N–H and O–H groups in total. The van der Waals surface area contributed by atoms with Crippen molar-refractivity contribution in [3.63, 3.8) is 0 Å². The lowest BCUT2D eigenvalue weighted by molar-refractivity contribution is -0.123. The minimum atomic E-state index is -2.77. The van der Waals surface area contributed by atoms with Crippen LogP contribution in [-0.4, -0.2) is 106 Å². The Hall–Kier alpha value is -6.28. The number of nitrogens with two attached hydrogens (primary N) is 1. The minimum absolute atomic E-state index is 0.0474. The highest BCUT2D eigenvalue weighted by Crippen LogP contribution is 2.38. The fourth-order valence-electron chi connectivity index (χ4n) is 15.8. The highest BCUT2D eigenvalue weighted by atomic mass is 28.4. The predicted octanol–water partition coefficient (Wildman–Crippen LogP) is 22.9. The van der Waals surface area contributed by atoms with E-state index in [4.69, 9.17) is 33.5 Å². The van der Waals surface area contributed by atoms with Crippen molar-refractivity contribution in [3.8, 4) is 11.5 Å². The Morgan fingerprint density at radius 3 is 1.00 bits per heavy atom. The minimum Gasteiger partial charge on any atom is -0.497 e. The lowest BCUT2D eigenvalue weighted by Crippen LogP contribution is -2.67. The molecule has 0 aliphatic carbocycles. The molecule has 4 atom stereocenters. The first-order chi connectivity index (χ1) is 56.9. The van der Waals surface area contributed by atoms with Crippen molar-refractivity contribution in [2.24, 2.45) is 5.73 Å². The van der Waals surface area contributed by atoms with Crippen molar-refractivity contribution in [1.82, 2.24) is 16.0 Å². The number of hydrogen-bond donors (Lipinski definition) is 4. The van der Waals surface area contributed by atoms with Crippen LogP contribution in [0.1, 0.15) is 324 Å².